The molecule has 1 amide bonds. The van der Waals surface area contributed by atoms with Crippen LogP contribution in [0.3, 0.4) is 0 Å². The first kappa shape index (κ1) is 22.9. The summed E-state index contributed by atoms with van der Waals surface area (Å²) >= 11 is 5.87. The molecule has 0 aromatic carbocycles. The normalized spacial score (nSPS) is 18.0. The first-order chi connectivity index (χ1) is 13.0. The van der Waals surface area contributed by atoms with E-state index in [1.54, 1.807) is 0 Å². The SMILES string of the molecule is CC(COCC(F)(F)F)NC(=O)C1CCN(S(=O)(=O)c2cccnc2Cl)CC1. The Kier molecular flexibility index (Phi) is 7.66. The van der Waals surface area contributed by atoms with E-state index in [2.05, 4.69) is 15.0 Å². The maximum absolute atomic E-state index is 12.7. The van der Waals surface area contributed by atoms with E-state index in [1.165, 1.54) is 29.6 Å². The first-order valence-corrected chi connectivity index (χ1v) is 10.4. The number of alkyl halides is 3. The Morgan fingerprint density at radius 1 is 1.43 bits per heavy atom. The van der Waals surface area contributed by atoms with E-state index in [-0.39, 0.29) is 35.7 Å². The van der Waals surface area contributed by atoms with Crippen molar-refractivity contribution in [3.8, 4) is 0 Å². The van der Waals surface area contributed by atoms with E-state index in [0.29, 0.717) is 12.8 Å². The summed E-state index contributed by atoms with van der Waals surface area (Å²) < 4.78 is 67.3. The molecule has 0 spiro atoms. The van der Waals surface area contributed by atoms with Crippen molar-refractivity contribution in [3.63, 3.8) is 0 Å². The molecule has 28 heavy (non-hydrogen) atoms. The van der Waals surface area contributed by atoms with Gasteiger partial charge in [-0.15, -0.1) is 0 Å². The predicted molar refractivity (Wildman–Crippen MR) is 95.2 cm³/mol. The number of hydrogen-bond donors (Lipinski definition) is 1. The second-order valence-electron chi connectivity index (χ2n) is 6.51. The minimum Gasteiger partial charge on any atom is -0.370 e. The van der Waals surface area contributed by atoms with Crippen molar-refractivity contribution in [1.82, 2.24) is 14.6 Å². The smallest absolute Gasteiger partial charge is 0.370 e. The summed E-state index contributed by atoms with van der Waals surface area (Å²) in [6.07, 6.45) is -2.45. The molecule has 2 rings (SSSR count). The van der Waals surface area contributed by atoms with E-state index in [9.17, 15) is 26.4 Å². The molecule has 1 aliphatic heterocycles. The lowest BCUT2D eigenvalue weighted by Gasteiger charge is -2.31. The minimum atomic E-state index is -4.42. The molecule has 1 aromatic heterocycles. The molecule has 7 nitrogen and oxygen atoms in total. The summed E-state index contributed by atoms with van der Waals surface area (Å²) in [6.45, 7) is 0.159. The monoisotopic (exact) mass is 443 g/mol. The Morgan fingerprint density at radius 2 is 2.07 bits per heavy atom. The van der Waals surface area contributed by atoms with E-state index < -0.39 is 34.8 Å². The number of nitrogens with zero attached hydrogens (tertiary/aromatic N) is 2. The molecular formula is C16H21ClF3N3O4S. The third kappa shape index (κ3) is 6.29. The van der Waals surface area contributed by atoms with Crippen molar-refractivity contribution in [2.45, 2.75) is 36.9 Å². The van der Waals surface area contributed by atoms with Crippen LogP contribution in [0.2, 0.25) is 5.15 Å². The standard InChI is InChI=1S/C16H21ClF3N3O4S/c1-11(9-27-10-16(18,19)20)22-15(24)12-4-7-23(8-5-12)28(25,26)13-3-2-6-21-14(13)17/h2-3,6,11-12H,4-5,7-10H2,1H3,(H,22,24). The summed E-state index contributed by atoms with van der Waals surface area (Å²) in [5.41, 5.74) is 0. The molecule has 0 aliphatic carbocycles. The van der Waals surface area contributed by atoms with Gasteiger partial charge >= 0.3 is 6.18 Å². The zero-order chi connectivity index (χ0) is 20.9. The zero-order valence-electron chi connectivity index (χ0n) is 15.1. The highest BCUT2D eigenvalue weighted by molar-refractivity contribution is 7.89. The largest absolute Gasteiger partial charge is 0.411 e. The van der Waals surface area contributed by atoms with Crippen LogP contribution >= 0.6 is 11.6 Å². The molecular weight excluding hydrogens is 423 g/mol. The van der Waals surface area contributed by atoms with Crippen molar-refractivity contribution in [3.05, 3.63) is 23.5 Å². The molecule has 1 fully saturated rings. The molecule has 0 bridgehead atoms. The molecule has 1 unspecified atom stereocenters. The lowest BCUT2D eigenvalue weighted by molar-refractivity contribution is -0.175. The molecule has 1 saturated heterocycles. The van der Waals surface area contributed by atoms with E-state index in [1.807, 2.05) is 0 Å². The van der Waals surface area contributed by atoms with Crippen LogP contribution in [0.15, 0.2) is 23.2 Å². The molecule has 158 valence electrons. The minimum absolute atomic E-state index is 0.0880. The molecule has 0 radical (unpaired) electrons. The quantitative estimate of drug-likeness (QED) is 0.653. The predicted octanol–water partition coefficient (Wildman–Crippen LogP) is 2.22. The molecule has 1 aliphatic rings. The molecule has 2 heterocycles. The van der Waals surface area contributed by atoms with Gasteiger partial charge in [0.25, 0.3) is 0 Å². The van der Waals surface area contributed by atoms with Crippen molar-refractivity contribution >= 4 is 27.5 Å². The van der Waals surface area contributed by atoms with Gasteiger partial charge in [0.1, 0.15) is 16.7 Å². The van der Waals surface area contributed by atoms with Crippen LogP contribution in [-0.4, -0.2) is 62.1 Å². The Bertz CT molecular complexity index is 784. The lowest BCUT2D eigenvalue weighted by atomic mass is 9.97. The molecule has 0 saturated carbocycles. The number of aromatic nitrogens is 1. The zero-order valence-corrected chi connectivity index (χ0v) is 16.6. The van der Waals surface area contributed by atoms with Crippen LogP contribution in [0.4, 0.5) is 13.2 Å². The van der Waals surface area contributed by atoms with Gasteiger partial charge in [-0.1, -0.05) is 11.6 Å². The highest BCUT2D eigenvalue weighted by atomic mass is 35.5. The fourth-order valence-electron chi connectivity index (χ4n) is 2.81. The third-order valence-corrected chi connectivity index (χ3v) is 6.53. The molecule has 1 N–H and O–H groups in total. The van der Waals surface area contributed by atoms with Crippen LogP contribution in [0.1, 0.15) is 19.8 Å². The number of halogens is 4. The fourth-order valence-corrected chi connectivity index (χ4v) is 4.71. The summed E-state index contributed by atoms with van der Waals surface area (Å²) in [5.74, 6) is -0.763. The highest BCUT2D eigenvalue weighted by Crippen LogP contribution is 2.27. The van der Waals surface area contributed by atoms with Gasteiger partial charge in [0.05, 0.1) is 6.61 Å². The Labute approximate surface area is 166 Å². The van der Waals surface area contributed by atoms with Gasteiger partial charge < -0.3 is 10.1 Å². The number of sulfonamides is 1. The molecule has 12 heteroatoms. The number of amides is 1. The molecule has 1 atom stereocenters. The second-order valence-corrected chi connectivity index (χ2v) is 8.78. The van der Waals surface area contributed by atoms with Gasteiger partial charge in [0, 0.05) is 31.2 Å². The van der Waals surface area contributed by atoms with Gasteiger partial charge in [-0.2, -0.15) is 17.5 Å². The van der Waals surface area contributed by atoms with Gasteiger partial charge in [0.2, 0.25) is 15.9 Å². The maximum Gasteiger partial charge on any atom is 0.411 e. The average Bonchev–Trinajstić information content (AvgIpc) is 2.61. The lowest BCUT2D eigenvalue weighted by Crippen LogP contribution is -2.45. The van der Waals surface area contributed by atoms with Crippen molar-refractivity contribution in [1.29, 1.82) is 0 Å². The van der Waals surface area contributed by atoms with Crippen LogP contribution in [-0.2, 0) is 19.6 Å². The summed E-state index contributed by atoms with van der Waals surface area (Å²) in [4.78, 5) is 15.9. The van der Waals surface area contributed by atoms with Crippen LogP contribution in [0.25, 0.3) is 0 Å². The van der Waals surface area contributed by atoms with Crippen LogP contribution in [0.5, 0.6) is 0 Å². The number of pyridine rings is 1. The summed E-state index contributed by atoms with van der Waals surface area (Å²) in [7, 11) is -3.81. The average molecular weight is 444 g/mol. The maximum atomic E-state index is 12.7. The van der Waals surface area contributed by atoms with Crippen molar-refractivity contribution < 1.29 is 31.1 Å². The van der Waals surface area contributed by atoms with Crippen LogP contribution in [0, 0.1) is 5.92 Å². The number of carbonyl (C=O) groups is 1. The molecule has 1 aromatic rings. The number of hydrogen-bond acceptors (Lipinski definition) is 5. The Balaban J connectivity index is 1.84. The second kappa shape index (κ2) is 9.38. The van der Waals surface area contributed by atoms with E-state index in [0.717, 1.165) is 0 Å². The van der Waals surface area contributed by atoms with Gasteiger partial charge in [-0.05, 0) is 31.9 Å². The number of rotatable bonds is 7. The van der Waals surface area contributed by atoms with E-state index >= 15 is 0 Å². The number of ether oxygens (including phenoxy) is 1. The first-order valence-electron chi connectivity index (χ1n) is 8.56. The van der Waals surface area contributed by atoms with Crippen LogP contribution < -0.4 is 5.32 Å². The summed E-state index contributed by atoms with van der Waals surface area (Å²) in [5, 5.41) is 2.48. The third-order valence-electron chi connectivity index (χ3n) is 4.19. The van der Waals surface area contributed by atoms with Crippen molar-refractivity contribution in [2.75, 3.05) is 26.3 Å². The number of nitrogens with one attached hydrogen (secondary N) is 1. The Morgan fingerprint density at radius 3 is 2.64 bits per heavy atom. The van der Waals surface area contributed by atoms with Gasteiger partial charge in [-0.25, -0.2) is 13.4 Å². The highest BCUT2D eigenvalue weighted by Gasteiger charge is 2.34. The van der Waals surface area contributed by atoms with E-state index in [4.69, 9.17) is 11.6 Å². The van der Waals surface area contributed by atoms with Gasteiger partial charge in [0.15, 0.2) is 0 Å². The van der Waals surface area contributed by atoms with Crippen molar-refractivity contribution in [2.24, 2.45) is 5.92 Å². The summed E-state index contributed by atoms with van der Waals surface area (Å²) in [6, 6.07) is 2.25. The number of piperidine rings is 1. The van der Waals surface area contributed by atoms with Gasteiger partial charge in [-0.3, -0.25) is 4.79 Å². The Hall–Kier alpha value is -1.43. The topological polar surface area (TPSA) is 88.6 Å². The fraction of sp³-hybridized carbons (Fsp3) is 0.625. The number of carbonyl (C=O) groups excluding carboxylic acids is 1.